The van der Waals surface area contributed by atoms with Gasteiger partial charge in [0.2, 0.25) is 0 Å². The summed E-state index contributed by atoms with van der Waals surface area (Å²) in [6.45, 7) is 4.56. The minimum atomic E-state index is -3.93. The molecule has 4 unspecified atom stereocenters. The Morgan fingerprint density at radius 1 is 0.821 bits per heavy atom. The van der Waals surface area contributed by atoms with Crippen molar-refractivity contribution in [2.45, 2.75) is 78.1 Å². The fourth-order valence-corrected chi connectivity index (χ4v) is 7.94. The molecule has 0 aromatic rings. The van der Waals surface area contributed by atoms with E-state index >= 15 is 0 Å². The van der Waals surface area contributed by atoms with Crippen molar-refractivity contribution >= 4 is 15.2 Å². The lowest BCUT2D eigenvalue weighted by Gasteiger charge is -2.38. The highest BCUT2D eigenvalue weighted by molar-refractivity contribution is 7.52. The molecule has 4 atom stereocenters. The molecular formula is C20H40O6P2. The lowest BCUT2D eigenvalue weighted by Crippen LogP contribution is -2.28. The van der Waals surface area contributed by atoms with Crippen LogP contribution in [0.25, 0.3) is 0 Å². The second kappa shape index (κ2) is 10.6. The summed E-state index contributed by atoms with van der Waals surface area (Å²) in [5.41, 5.74) is 0. The summed E-state index contributed by atoms with van der Waals surface area (Å²) in [5, 5.41) is 0. The summed E-state index contributed by atoms with van der Waals surface area (Å²) in [5.74, 6) is 2.75. The van der Waals surface area contributed by atoms with Gasteiger partial charge in [-0.05, 0) is 80.5 Å². The van der Waals surface area contributed by atoms with Gasteiger partial charge in [0.05, 0.1) is 12.3 Å². The Hall–Kier alpha value is 0.300. The van der Waals surface area contributed by atoms with Crippen LogP contribution in [-0.4, -0.2) is 31.9 Å². The summed E-state index contributed by atoms with van der Waals surface area (Å²) in [4.78, 5) is 37.0. The van der Waals surface area contributed by atoms with E-state index in [0.717, 1.165) is 57.8 Å². The molecule has 0 aromatic carbocycles. The quantitative estimate of drug-likeness (QED) is 0.376. The first-order valence-corrected chi connectivity index (χ1v) is 14.7. The van der Waals surface area contributed by atoms with E-state index in [2.05, 4.69) is 13.8 Å². The third kappa shape index (κ3) is 8.58. The molecule has 0 radical (unpaired) electrons. The Balaban J connectivity index is 1.83. The van der Waals surface area contributed by atoms with Crippen molar-refractivity contribution < 1.29 is 28.7 Å². The van der Waals surface area contributed by atoms with Crippen molar-refractivity contribution in [1.82, 2.24) is 0 Å². The van der Waals surface area contributed by atoms with Crippen molar-refractivity contribution in [3.8, 4) is 0 Å². The zero-order chi connectivity index (χ0) is 20.9. The highest BCUT2D eigenvalue weighted by Gasteiger charge is 2.34. The minimum Gasteiger partial charge on any atom is -0.324 e. The minimum absolute atomic E-state index is 0.0364. The SMILES string of the molecule is CCC(CC(C)C1CCC(CP(=O)(O)O)CC1)C1CCCC(CP(=O)(O)O)C1. The zero-order valence-electron chi connectivity index (χ0n) is 17.4. The van der Waals surface area contributed by atoms with Crippen LogP contribution in [-0.2, 0) is 9.13 Å². The first-order chi connectivity index (χ1) is 13.0. The van der Waals surface area contributed by atoms with Crippen LogP contribution >= 0.6 is 15.2 Å². The summed E-state index contributed by atoms with van der Waals surface area (Å²) in [6.07, 6.45) is 10.5. The van der Waals surface area contributed by atoms with Crippen LogP contribution in [0.2, 0.25) is 0 Å². The molecule has 0 amide bonds. The monoisotopic (exact) mass is 438 g/mol. The zero-order valence-corrected chi connectivity index (χ0v) is 19.2. The second-order valence-corrected chi connectivity index (χ2v) is 13.0. The van der Waals surface area contributed by atoms with E-state index < -0.39 is 15.2 Å². The predicted octanol–water partition coefficient (Wildman–Crippen LogP) is 5.01. The molecule has 6 nitrogen and oxygen atoms in total. The Morgan fingerprint density at radius 3 is 1.93 bits per heavy atom. The lowest BCUT2D eigenvalue weighted by atomic mass is 9.68. The van der Waals surface area contributed by atoms with Crippen LogP contribution in [0.4, 0.5) is 0 Å². The third-order valence-electron chi connectivity index (χ3n) is 7.38. The molecule has 2 aliphatic rings. The molecule has 4 N–H and O–H groups in total. The van der Waals surface area contributed by atoms with Crippen LogP contribution < -0.4 is 0 Å². The van der Waals surface area contributed by atoms with Gasteiger partial charge in [0.25, 0.3) is 0 Å². The van der Waals surface area contributed by atoms with E-state index in [1.54, 1.807) is 0 Å². The molecule has 0 aromatic heterocycles. The highest BCUT2D eigenvalue weighted by Crippen LogP contribution is 2.47. The van der Waals surface area contributed by atoms with Crippen LogP contribution in [0.3, 0.4) is 0 Å². The maximum absolute atomic E-state index is 11.4. The Labute approximate surface area is 170 Å². The number of rotatable bonds is 9. The van der Waals surface area contributed by atoms with Crippen molar-refractivity contribution in [3.63, 3.8) is 0 Å². The number of hydrogen-bond acceptors (Lipinski definition) is 2. The molecule has 2 fully saturated rings. The fraction of sp³-hybridized carbons (Fsp3) is 1.00. The molecule has 2 aliphatic carbocycles. The largest absolute Gasteiger partial charge is 0.325 e. The molecule has 0 aliphatic heterocycles. The van der Waals surface area contributed by atoms with Gasteiger partial charge in [0.15, 0.2) is 0 Å². The molecule has 2 saturated carbocycles. The summed E-state index contributed by atoms with van der Waals surface area (Å²) in [7, 11) is -7.83. The summed E-state index contributed by atoms with van der Waals surface area (Å²) < 4.78 is 22.6. The lowest BCUT2D eigenvalue weighted by molar-refractivity contribution is 0.138. The average Bonchev–Trinajstić information content (AvgIpc) is 2.57. The van der Waals surface area contributed by atoms with E-state index in [4.69, 9.17) is 0 Å². The third-order valence-corrected chi connectivity index (χ3v) is 9.36. The van der Waals surface area contributed by atoms with Crippen LogP contribution in [0.15, 0.2) is 0 Å². The van der Waals surface area contributed by atoms with Crippen molar-refractivity contribution in [1.29, 1.82) is 0 Å². The molecular weight excluding hydrogens is 398 g/mol. The van der Waals surface area contributed by atoms with Crippen LogP contribution in [0.1, 0.15) is 78.1 Å². The van der Waals surface area contributed by atoms with Crippen LogP contribution in [0, 0.1) is 35.5 Å². The van der Waals surface area contributed by atoms with Gasteiger partial charge < -0.3 is 19.6 Å². The molecule has 0 spiro atoms. The van der Waals surface area contributed by atoms with Gasteiger partial charge in [-0.25, -0.2) is 0 Å². The maximum Gasteiger partial charge on any atom is 0.325 e. The molecule has 0 saturated heterocycles. The van der Waals surface area contributed by atoms with Crippen molar-refractivity contribution in [2.24, 2.45) is 35.5 Å². The van der Waals surface area contributed by atoms with Gasteiger partial charge in [0, 0.05) is 0 Å². The number of hydrogen-bond donors (Lipinski definition) is 4. The molecule has 166 valence electrons. The molecule has 0 bridgehead atoms. The first kappa shape index (κ1) is 24.6. The van der Waals surface area contributed by atoms with Gasteiger partial charge in [0.1, 0.15) is 0 Å². The van der Waals surface area contributed by atoms with Gasteiger partial charge in [-0.2, -0.15) is 0 Å². The van der Waals surface area contributed by atoms with E-state index in [1.165, 1.54) is 6.42 Å². The standard InChI is InChI=1S/C20H40O6P2/c1-3-18(20-6-4-5-17(12-20)14-28(24,25)26)11-15(2)19-9-7-16(8-10-19)13-27(21,22)23/h15-20H,3-14H2,1-2H3,(H2,21,22,23)(H2,24,25,26). The van der Waals surface area contributed by atoms with Crippen molar-refractivity contribution in [3.05, 3.63) is 0 Å². The molecule has 8 heteroatoms. The van der Waals surface area contributed by atoms with Gasteiger partial charge in [-0.15, -0.1) is 0 Å². The fourth-order valence-electron chi connectivity index (χ4n) is 5.90. The Bertz CT molecular complexity index is 563. The van der Waals surface area contributed by atoms with Gasteiger partial charge in [-0.3, -0.25) is 9.13 Å². The molecule has 28 heavy (non-hydrogen) atoms. The highest BCUT2D eigenvalue weighted by atomic mass is 31.2. The van der Waals surface area contributed by atoms with Gasteiger partial charge >= 0.3 is 15.2 Å². The normalized spacial score (nSPS) is 32.1. The predicted molar refractivity (Wildman–Crippen MR) is 112 cm³/mol. The molecule has 2 rings (SSSR count). The van der Waals surface area contributed by atoms with Crippen LogP contribution in [0.5, 0.6) is 0 Å². The Kier molecular flexibility index (Phi) is 9.26. The molecule has 0 heterocycles. The topological polar surface area (TPSA) is 115 Å². The summed E-state index contributed by atoms with van der Waals surface area (Å²) >= 11 is 0. The van der Waals surface area contributed by atoms with E-state index in [-0.39, 0.29) is 24.2 Å². The van der Waals surface area contributed by atoms with E-state index in [0.29, 0.717) is 23.7 Å². The van der Waals surface area contributed by atoms with Crippen molar-refractivity contribution in [2.75, 3.05) is 12.3 Å². The average molecular weight is 438 g/mol. The maximum atomic E-state index is 11.4. The second-order valence-electron chi connectivity index (χ2n) is 9.65. The summed E-state index contributed by atoms with van der Waals surface area (Å²) in [6, 6.07) is 0. The first-order valence-electron chi connectivity index (χ1n) is 11.1. The smallest absolute Gasteiger partial charge is 0.324 e. The van der Waals surface area contributed by atoms with E-state index in [9.17, 15) is 28.7 Å². The van der Waals surface area contributed by atoms with Gasteiger partial charge in [-0.1, -0.05) is 33.1 Å². The Morgan fingerprint density at radius 2 is 1.39 bits per heavy atom. The van der Waals surface area contributed by atoms with E-state index in [1.807, 2.05) is 0 Å².